The number of benzene rings is 1. The van der Waals surface area contributed by atoms with Gasteiger partial charge in [0.2, 0.25) is 5.76 Å². The van der Waals surface area contributed by atoms with Crippen molar-refractivity contribution in [2.45, 2.75) is 20.8 Å². The second kappa shape index (κ2) is 6.80. The number of hydrogen-bond donors (Lipinski definition) is 1. The molecule has 0 bridgehead atoms. The first-order chi connectivity index (χ1) is 10.5. The van der Waals surface area contributed by atoms with Gasteiger partial charge in [-0.3, -0.25) is 5.43 Å². The number of ether oxygens (including phenoxy) is 1. The van der Waals surface area contributed by atoms with Crippen LogP contribution in [0.4, 0.5) is 0 Å². The number of allylic oxidation sites excluding steroid dienone is 3. The molecular weight excluding hydrogens is 282 g/mol. The molecule has 1 aromatic rings. The zero-order valence-electron chi connectivity index (χ0n) is 13.1. The molecule has 0 aromatic heterocycles. The van der Waals surface area contributed by atoms with E-state index in [1.54, 1.807) is 6.92 Å². The predicted octanol–water partition coefficient (Wildman–Crippen LogP) is 2.62. The maximum atomic E-state index is 12.0. The summed E-state index contributed by atoms with van der Waals surface area (Å²) in [5, 5.41) is 5.32. The molecule has 0 saturated carbocycles. The smallest absolute Gasteiger partial charge is 0.377 e. The van der Waals surface area contributed by atoms with Crippen molar-refractivity contribution in [3.05, 3.63) is 53.4 Å². The molecule has 0 radical (unpaired) electrons. The zero-order valence-corrected chi connectivity index (χ0v) is 13.1. The lowest BCUT2D eigenvalue weighted by Crippen LogP contribution is -2.37. The average molecular weight is 301 g/mol. The summed E-state index contributed by atoms with van der Waals surface area (Å²) >= 11 is 0. The van der Waals surface area contributed by atoms with Gasteiger partial charge >= 0.3 is 5.97 Å². The minimum absolute atomic E-state index is 0.0763. The molecule has 1 aliphatic heterocycles. The standard InChI is InChI=1S/C16H19N3O3/c1-11-10-12(2)18-19(17-11)22-15(16(20)21-4)13(3)14-8-6-5-7-9-14/h5-10,17H,1-4H3. The number of hydrazine groups is 1. The molecule has 0 aliphatic carbocycles. The molecule has 0 fully saturated rings. The van der Waals surface area contributed by atoms with E-state index in [-0.39, 0.29) is 5.76 Å². The second-order valence-electron chi connectivity index (χ2n) is 4.86. The number of nitrogens with one attached hydrogen (secondary N) is 1. The monoisotopic (exact) mass is 301 g/mol. The van der Waals surface area contributed by atoms with Gasteiger partial charge in [0.05, 0.1) is 12.8 Å². The average Bonchev–Trinajstić information content (AvgIpc) is 2.51. The van der Waals surface area contributed by atoms with Crippen LogP contribution in [-0.2, 0) is 14.4 Å². The van der Waals surface area contributed by atoms with Crippen LogP contribution in [0.2, 0.25) is 0 Å². The van der Waals surface area contributed by atoms with Gasteiger partial charge in [0.15, 0.2) is 0 Å². The molecule has 1 aromatic carbocycles. The summed E-state index contributed by atoms with van der Waals surface area (Å²) in [6.07, 6.45) is 1.87. The number of nitrogens with zero attached hydrogens (tertiary/aromatic N) is 2. The Hall–Kier alpha value is -2.76. The molecule has 0 atom stereocenters. The number of methoxy groups -OCH3 is 1. The molecule has 0 spiro atoms. The third-order valence-electron chi connectivity index (χ3n) is 3.04. The molecule has 0 saturated heterocycles. The van der Waals surface area contributed by atoms with Crippen molar-refractivity contribution in [3.8, 4) is 0 Å². The fourth-order valence-electron chi connectivity index (χ4n) is 1.99. The Balaban J connectivity index is 2.32. The maximum absolute atomic E-state index is 12.0. The molecular formula is C16H19N3O3. The Bertz CT molecular complexity index is 648. The van der Waals surface area contributed by atoms with Crippen LogP contribution in [0.3, 0.4) is 0 Å². The van der Waals surface area contributed by atoms with E-state index < -0.39 is 5.97 Å². The number of carbonyl (C=O) groups is 1. The molecule has 6 heteroatoms. The van der Waals surface area contributed by atoms with Gasteiger partial charge in [0.1, 0.15) is 0 Å². The zero-order chi connectivity index (χ0) is 16.1. The summed E-state index contributed by atoms with van der Waals surface area (Å²) in [7, 11) is 1.31. The highest BCUT2D eigenvalue weighted by molar-refractivity contribution is 5.95. The molecule has 116 valence electrons. The van der Waals surface area contributed by atoms with Crippen molar-refractivity contribution in [1.29, 1.82) is 0 Å². The molecule has 2 rings (SSSR count). The Kier molecular flexibility index (Phi) is 4.83. The van der Waals surface area contributed by atoms with Gasteiger partial charge in [0.25, 0.3) is 0 Å². The van der Waals surface area contributed by atoms with E-state index in [1.165, 1.54) is 7.11 Å². The summed E-state index contributed by atoms with van der Waals surface area (Å²) in [5.41, 5.74) is 6.05. The quantitative estimate of drug-likeness (QED) is 0.526. The van der Waals surface area contributed by atoms with Crippen LogP contribution >= 0.6 is 0 Å². The van der Waals surface area contributed by atoms with Gasteiger partial charge < -0.3 is 9.57 Å². The first kappa shape index (κ1) is 15.6. The SMILES string of the molecule is COC(=O)C(ON1N=C(C)C=C(C)N1)=C(C)c1ccccc1. The maximum Gasteiger partial charge on any atom is 0.377 e. The lowest BCUT2D eigenvalue weighted by Gasteiger charge is -2.25. The van der Waals surface area contributed by atoms with Gasteiger partial charge in [-0.2, -0.15) is 0 Å². The topological polar surface area (TPSA) is 63.2 Å². The van der Waals surface area contributed by atoms with E-state index in [0.717, 1.165) is 22.3 Å². The largest absolute Gasteiger partial charge is 0.463 e. The number of esters is 1. The highest BCUT2D eigenvalue weighted by Gasteiger charge is 2.21. The first-order valence-corrected chi connectivity index (χ1v) is 6.84. The molecule has 1 N–H and O–H groups in total. The van der Waals surface area contributed by atoms with Gasteiger partial charge in [-0.1, -0.05) is 30.3 Å². The highest BCUT2D eigenvalue weighted by Crippen LogP contribution is 2.21. The predicted molar refractivity (Wildman–Crippen MR) is 84.0 cm³/mol. The normalized spacial score (nSPS) is 15.2. The second-order valence-corrected chi connectivity index (χ2v) is 4.86. The van der Waals surface area contributed by atoms with Crippen molar-refractivity contribution in [1.82, 2.24) is 10.7 Å². The Labute approximate surface area is 129 Å². The minimum atomic E-state index is -0.566. The lowest BCUT2D eigenvalue weighted by molar-refractivity contribution is -0.174. The Morgan fingerprint density at radius 3 is 2.50 bits per heavy atom. The van der Waals surface area contributed by atoms with Crippen LogP contribution < -0.4 is 5.43 Å². The van der Waals surface area contributed by atoms with Gasteiger partial charge in [-0.15, -0.1) is 5.10 Å². The fourth-order valence-corrected chi connectivity index (χ4v) is 1.99. The van der Waals surface area contributed by atoms with Crippen molar-refractivity contribution in [2.75, 3.05) is 7.11 Å². The van der Waals surface area contributed by atoms with Crippen LogP contribution in [0.5, 0.6) is 0 Å². The highest BCUT2D eigenvalue weighted by atomic mass is 16.8. The molecule has 0 unspecified atom stereocenters. The molecule has 22 heavy (non-hydrogen) atoms. The van der Waals surface area contributed by atoms with Crippen molar-refractivity contribution >= 4 is 17.3 Å². The third-order valence-corrected chi connectivity index (χ3v) is 3.04. The van der Waals surface area contributed by atoms with Gasteiger partial charge in [-0.05, 0) is 37.7 Å². The minimum Gasteiger partial charge on any atom is -0.463 e. The fraction of sp³-hybridized carbons (Fsp3) is 0.250. The first-order valence-electron chi connectivity index (χ1n) is 6.84. The van der Waals surface area contributed by atoms with E-state index in [0.29, 0.717) is 5.57 Å². The number of hydrogen-bond acceptors (Lipinski definition) is 6. The van der Waals surface area contributed by atoms with Crippen LogP contribution in [-0.4, -0.2) is 24.1 Å². The van der Waals surface area contributed by atoms with Gasteiger partial charge in [0, 0.05) is 11.3 Å². The molecule has 0 amide bonds. The molecule has 6 nitrogen and oxygen atoms in total. The Morgan fingerprint density at radius 2 is 1.91 bits per heavy atom. The van der Waals surface area contributed by atoms with E-state index in [9.17, 15) is 4.79 Å². The van der Waals surface area contributed by atoms with Crippen molar-refractivity contribution in [3.63, 3.8) is 0 Å². The lowest BCUT2D eigenvalue weighted by atomic mass is 10.1. The van der Waals surface area contributed by atoms with Crippen LogP contribution in [0.15, 0.2) is 53.0 Å². The van der Waals surface area contributed by atoms with Gasteiger partial charge in [-0.25, -0.2) is 4.79 Å². The number of rotatable bonds is 4. The summed E-state index contributed by atoms with van der Waals surface area (Å²) in [6.45, 7) is 5.51. The van der Waals surface area contributed by atoms with E-state index in [1.807, 2.05) is 50.3 Å². The Morgan fingerprint density at radius 1 is 1.23 bits per heavy atom. The van der Waals surface area contributed by atoms with Crippen molar-refractivity contribution in [2.24, 2.45) is 5.10 Å². The third kappa shape index (κ3) is 3.66. The van der Waals surface area contributed by atoms with Crippen LogP contribution in [0, 0.1) is 0 Å². The van der Waals surface area contributed by atoms with E-state index >= 15 is 0 Å². The number of carbonyl (C=O) groups excluding carboxylic acids is 1. The van der Waals surface area contributed by atoms with Crippen LogP contribution in [0.1, 0.15) is 26.3 Å². The van der Waals surface area contributed by atoms with E-state index in [4.69, 9.17) is 9.57 Å². The van der Waals surface area contributed by atoms with Crippen LogP contribution in [0.25, 0.3) is 5.57 Å². The van der Waals surface area contributed by atoms with Crippen molar-refractivity contribution < 1.29 is 14.4 Å². The summed E-state index contributed by atoms with van der Waals surface area (Å²) in [6, 6.07) is 9.48. The molecule has 1 heterocycles. The summed E-state index contributed by atoms with van der Waals surface area (Å²) in [4.78, 5) is 17.6. The molecule has 1 aliphatic rings. The summed E-state index contributed by atoms with van der Waals surface area (Å²) < 4.78 is 4.81. The summed E-state index contributed by atoms with van der Waals surface area (Å²) in [5.74, 6) is -0.490. The number of hydrazone groups is 1. The van der Waals surface area contributed by atoms with E-state index in [2.05, 4.69) is 10.5 Å².